The molecule has 0 unspecified atom stereocenters. The second kappa shape index (κ2) is 6.94. The highest BCUT2D eigenvalue weighted by molar-refractivity contribution is 5.93. The van der Waals surface area contributed by atoms with Gasteiger partial charge >= 0.3 is 11.9 Å². The molecule has 1 heterocycles. The molecule has 1 aromatic rings. The van der Waals surface area contributed by atoms with Gasteiger partial charge in [0.2, 0.25) is 5.91 Å². The van der Waals surface area contributed by atoms with E-state index in [1.165, 1.54) is 18.2 Å². The van der Waals surface area contributed by atoms with Gasteiger partial charge in [-0.3, -0.25) is 19.7 Å². The molecule has 0 spiro atoms. The maximum atomic E-state index is 11.3. The van der Waals surface area contributed by atoms with Gasteiger partial charge in [-0.25, -0.2) is 0 Å². The first-order valence-corrected chi connectivity index (χ1v) is 5.38. The van der Waals surface area contributed by atoms with Crippen molar-refractivity contribution in [1.82, 2.24) is 5.32 Å². The van der Waals surface area contributed by atoms with Crippen molar-refractivity contribution < 1.29 is 23.7 Å². The SMILES string of the molecule is CCOC(=O)CNC(=O)/C=C/c1ccc([N+](=O)[O-])o1. The molecule has 1 amide bonds. The number of hydrogen-bond acceptors (Lipinski definition) is 6. The van der Waals surface area contributed by atoms with Crippen LogP contribution >= 0.6 is 0 Å². The first kappa shape index (κ1) is 14.4. The Morgan fingerprint density at radius 2 is 2.26 bits per heavy atom. The fourth-order valence-corrected chi connectivity index (χ4v) is 1.12. The number of rotatable bonds is 6. The lowest BCUT2D eigenvalue weighted by molar-refractivity contribution is -0.402. The van der Waals surface area contributed by atoms with E-state index in [1.807, 2.05) is 0 Å². The molecule has 0 saturated heterocycles. The van der Waals surface area contributed by atoms with E-state index < -0.39 is 22.7 Å². The number of furan rings is 1. The van der Waals surface area contributed by atoms with Crippen LogP contribution in [0.3, 0.4) is 0 Å². The van der Waals surface area contributed by atoms with E-state index in [4.69, 9.17) is 4.42 Å². The van der Waals surface area contributed by atoms with E-state index in [-0.39, 0.29) is 18.9 Å². The van der Waals surface area contributed by atoms with Gasteiger partial charge in [0.05, 0.1) is 12.7 Å². The number of esters is 1. The van der Waals surface area contributed by atoms with Crippen LogP contribution in [0, 0.1) is 10.1 Å². The van der Waals surface area contributed by atoms with Crippen LogP contribution in [0.2, 0.25) is 0 Å². The molecule has 0 aromatic carbocycles. The van der Waals surface area contributed by atoms with Crippen molar-refractivity contribution in [3.8, 4) is 0 Å². The second-order valence-corrected chi connectivity index (χ2v) is 3.29. The molecule has 8 heteroatoms. The van der Waals surface area contributed by atoms with Gasteiger partial charge in [-0.05, 0) is 19.1 Å². The average molecular weight is 268 g/mol. The number of nitrogens with one attached hydrogen (secondary N) is 1. The summed E-state index contributed by atoms with van der Waals surface area (Å²) >= 11 is 0. The zero-order valence-electron chi connectivity index (χ0n) is 10.1. The van der Waals surface area contributed by atoms with Crippen LogP contribution in [0.25, 0.3) is 6.08 Å². The molecule has 1 aromatic heterocycles. The zero-order valence-corrected chi connectivity index (χ0v) is 10.1. The number of carbonyl (C=O) groups is 2. The molecule has 19 heavy (non-hydrogen) atoms. The Morgan fingerprint density at radius 1 is 1.53 bits per heavy atom. The third kappa shape index (κ3) is 5.02. The number of carbonyl (C=O) groups excluding carboxylic acids is 2. The third-order valence-corrected chi connectivity index (χ3v) is 1.90. The summed E-state index contributed by atoms with van der Waals surface area (Å²) in [6.45, 7) is 1.65. The summed E-state index contributed by atoms with van der Waals surface area (Å²) in [5.41, 5.74) is 0. The highest BCUT2D eigenvalue weighted by Crippen LogP contribution is 2.16. The number of nitro groups is 1. The summed E-state index contributed by atoms with van der Waals surface area (Å²) in [6.07, 6.45) is 2.36. The summed E-state index contributed by atoms with van der Waals surface area (Å²) in [6, 6.07) is 2.53. The number of hydrogen-bond donors (Lipinski definition) is 1. The highest BCUT2D eigenvalue weighted by Gasteiger charge is 2.10. The van der Waals surface area contributed by atoms with E-state index in [0.717, 1.165) is 6.08 Å². The smallest absolute Gasteiger partial charge is 0.433 e. The highest BCUT2D eigenvalue weighted by atomic mass is 16.6. The summed E-state index contributed by atoms with van der Waals surface area (Å²) in [4.78, 5) is 31.9. The maximum Gasteiger partial charge on any atom is 0.433 e. The molecule has 0 radical (unpaired) electrons. The molecule has 0 aliphatic rings. The van der Waals surface area contributed by atoms with E-state index in [2.05, 4.69) is 10.1 Å². The Morgan fingerprint density at radius 3 is 2.84 bits per heavy atom. The van der Waals surface area contributed by atoms with E-state index in [9.17, 15) is 19.7 Å². The molecule has 102 valence electrons. The van der Waals surface area contributed by atoms with Gasteiger partial charge in [-0.2, -0.15) is 0 Å². The van der Waals surface area contributed by atoms with Crippen molar-refractivity contribution in [1.29, 1.82) is 0 Å². The molecule has 0 saturated carbocycles. The fraction of sp³-hybridized carbons (Fsp3) is 0.273. The topological polar surface area (TPSA) is 112 Å². The Bertz CT molecular complexity index is 505. The van der Waals surface area contributed by atoms with Crippen LogP contribution in [0.1, 0.15) is 12.7 Å². The predicted molar refractivity (Wildman–Crippen MR) is 64.0 cm³/mol. The summed E-state index contributed by atoms with van der Waals surface area (Å²) in [7, 11) is 0. The molecule has 8 nitrogen and oxygen atoms in total. The molecule has 0 bridgehead atoms. The molecular weight excluding hydrogens is 256 g/mol. The first-order chi connectivity index (χ1) is 9.02. The zero-order chi connectivity index (χ0) is 14.3. The van der Waals surface area contributed by atoms with E-state index in [1.54, 1.807) is 6.92 Å². The van der Waals surface area contributed by atoms with Gasteiger partial charge in [0.1, 0.15) is 17.2 Å². The molecule has 0 aliphatic carbocycles. The summed E-state index contributed by atoms with van der Waals surface area (Å²) < 4.78 is 9.42. The standard InChI is InChI=1S/C11H12N2O6/c1-2-18-11(15)7-12-9(14)5-3-8-4-6-10(19-8)13(16)17/h3-6H,2,7H2,1H3,(H,12,14)/b5-3+. The van der Waals surface area contributed by atoms with Crippen molar-refractivity contribution in [2.24, 2.45) is 0 Å². The van der Waals surface area contributed by atoms with Crippen molar-refractivity contribution in [2.45, 2.75) is 6.92 Å². The minimum atomic E-state index is -0.682. The van der Waals surface area contributed by atoms with Crippen LogP contribution in [-0.4, -0.2) is 30.0 Å². The Balaban J connectivity index is 2.44. The van der Waals surface area contributed by atoms with Crippen LogP contribution in [0.4, 0.5) is 5.88 Å². The minimum Gasteiger partial charge on any atom is -0.465 e. The van der Waals surface area contributed by atoms with Crippen molar-refractivity contribution in [2.75, 3.05) is 13.2 Å². The van der Waals surface area contributed by atoms with Crippen molar-refractivity contribution in [3.63, 3.8) is 0 Å². The second-order valence-electron chi connectivity index (χ2n) is 3.29. The van der Waals surface area contributed by atoms with Crippen molar-refractivity contribution >= 4 is 23.8 Å². The number of nitrogens with zero attached hydrogens (tertiary/aromatic N) is 1. The fourth-order valence-electron chi connectivity index (χ4n) is 1.12. The van der Waals surface area contributed by atoms with Crippen LogP contribution in [-0.2, 0) is 14.3 Å². The lowest BCUT2D eigenvalue weighted by atomic mass is 10.4. The minimum absolute atomic E-state index is 0.165. The maximum absolute atomic E-state index is 11.3. The molecular formula is C11H12N2O6. The predicted octanol–water partition coefficient (Wildman–Crippen LogP) is 0.880. The average Bonchev–Trinajstić information content (AvgIpc) is 2.83. The van der Waals surface area contributed by atoms with Gasteiger partial charge in [0, 0.05) is 6.08 Å². The van der Waals surface area contributed by atoms with Gasteiger partial charge in [0.15, 0.2) is 0 Å². The quantitative estimate of drug-likeness (QED) is 0.355. The Hall–Kier alpha value is -2.64. The van der Waals surface area contributed by atoms with Crippen LogP contribution < -0.4 is 5.32 Å². The van der Waals surface area contributed by atoms with Crippen LogP contribution in [0.5, 0.6) is 0 Å². The normalized spacial score (nSPS) is 10.4. The van der Waals surface area contributed by atoms with Gasteiger partial charge in [-0.15, -0.1) is 0 Å². The Labute approximate surface area is 108 Å². The van der Waals surface area contributed by atoms with Gasteiger partial charge < -0.3 is 14.5 Å². The van der Waals surface area contributed by atoms with E-state index >= 15 is 0 Å². The van der Waals surface area contributed by atoms with Crippen LogP contribution in [0.15, 0.2) is 22.6 Å². The molecule has 0 atom stereocenters. The first-order valence-electron chi connectivity index (χ1n) is 5.38. The third-order valence-electron chi connectivity index (χ3n) is 1.90. The largest absolute Gasteiger partial charge is 0.465 e. The lowest BCUT2D eigenvalue weighted by Gasteiger charge is -2.01. The molecule has 0 aliphatic heterocycles. The summed E-state index contributed by atoms with van der Waals surface area (Å²) in [5, 5.41) is 12.6. The lowest BCUT2D eigenvalue weighted by Crippen LogP contribution is -2.29. The number of ether oxygens (including phenoxy) is 1. The van der Waals surface area contributed by atoms with Gasteiger partial charge in [0.25, 0.3) is 0 Å². The summed E-state index contributed by atoms with van der Waals surface area (Å²) in [5.74, 6) is -1.32. The van der Waals surface area contributed by atoms with Gasteiger partial charge in [-0.1, -0.05) is 0 Å². The molecule has 1 rings (SSSR count). The monoisotopic (exact) mass is 268 g/mol. The van der Waals surface area contributed by atoms with E-state index in [0.29, 0.717) is 0 Å². The number of amides is 1. The van der Waals surface area contributed by atoms with Crippen molar-refractivity contribution in [3.05, 3.63) is 34.1 Å². The Kier molecular flexibility index (Phi) is 5.27. The molecule has 0 fully saturated rings. The molecule has 1 N–H and O–H groups in total.